The molecule has 14 heavy (non-hydrogen) atoms. The van der Waals surface area contributed by atoms with E-state index in [4.69, 9.17) is 4.42 Å². The number of aromatic nitrogens is 1. The highest BCUT2D eigenvalue weighted by atomic mass is 16.4. The number of rotatable bonds is 4. The lowest BCUT2D eigenvalue weighted by atomic mass is 10.0. The third-order valence-corrected chi connectivity index (χ3v) is 2.89. The summed E-state index contributed by atoms with van der Waals surface area (Å²) in [4.78, 5) is 4.22. The van der Waals surface area contributed by atoms with Crippen molar-refractivity contribution >= 4 is 0 Å². The lowest BCUT2D eigenvalue weighted by Gasteiger charge is -2.04. The average molecular weight is 194 g/mol. The smallest absolute Gasteiger partial charge is 0.208 e. The zero-order valence-corrected chi connectivity index (χ0v) is 8.75. The van der Waals surface area contributed by atoms with Crippen LogP contribution in [0.2, 0.25) is 0 Å². The van der Waals surface area contributed by atoms with E-state index in [1.54, 1.807) is 0 Å². The van der Waals surface area contributed by atoms with Gasteiger partial charge < -0.3 is 9.73 Å². The molecule has 1 aromatic heterocycles. The monoisotopic (exact) mass is 194 g/mol. The SMILES string of the molecule is CNCc1ncc(CC2CCCC2)o1. The van der Waals surface area contributed by atoms with Gasteiger partial charge in [0.1, 0.15) is 5.76 Å². The van der Waals surface area contributed by atoms with E-state index in [1.807, 2.05) is 13.2 Å². The molecule has 1 aliphatic rings. The molecule has 1 N–H and O–H groups in total. The average Bonchev–Trinajstić information content (AvgIpc) is 2.79. The van der Waals surface area contributed by atoms with Crippen LogP contribution in [-0.4, -0.2) is 12.0 Å². The molecule has 2 rings (SSSR count). The van der Waals surface area contributed by atoms with Gasteiger partial charge in [-0.3, -0.25) is 0 Å². The van der Waals surface area contributed by atoms with Gasteiger partial charge in [-0.1, -0.05) is 25.7 Å². The number of hydrogen-bond acceptors (Lipinski definition) is 3. The molecular weight excluding hydrogens is 176 g/mol. The standard InChI is InChI=1S/C11H18N2O/c1-12-8-11-13-7-10(14-11)6-9-4-2-3-5-9/h7,9,12H,2-6,8H2,1H3. The van der Waals surface area contributed by atoms with Gasteiger partial charge in [-0.15, -0.1) is 0 Å². The maximum Gasteiger partial charge on any atom is 0.208 e. The van der Waals surface area contributed by atoms with Crippen molar-refractivity contribution in [3.63, 3.8) is 0 Å². The Morgan fingerprint density at radius 1 is 1.50 bits per heavy atom. The fourth-order valence-corrected chi connectivity index (χ4v) is 2.17. The minimum absolute atomic E-state index is 0.727. The van der Waals surface area contributed by atoms with E-state index in [0.717, 1.165) is 30.5 Å². The zero-order valence-electron chi connectivity index (χ0n) is 8.75. The van der Waals surface area contributed by atoms with Crippen LogP contribution in [0.3, 0.4) is 0 Å². The Morgan fingerprint density at radius 2 is 2.29 bits per heavy atom. The van der Waals surface area contributed by atoms with Gasteiger partial charge >= 0.3 is 0 Å². The zero-order chi connectivity index (χ0) is 9.80. The van der Waals surface area contributed by atoms with Crippen LogP contribution in [0.5, 0.6) is 0 Å². The van der Waals surface area contributed by atoms with Crippen molar-refractivity contribution in [1.82, 2.24) is 10.3 Å². The fraction of sp³-hybridized carbons (Fsp3) is 0.727. The summed E-state index contributed by atoms with van der Waals surface area (Å²) in [6.07, 6.45) is 8.47. The Balaban J connectivity index is 1.88. The first-order valence-corrected chi connectivity index (χ1v) is 5.46. The largest absolute Gasteiger partial charge is 0.444 e. The van der Waals surface area contributed by atoms with Crippen LogP contribution in [0.25, 0.3) is 0 Å². The first kappa shape index (κ1) is 9.71. The summed E-state index contributed by atoms with van der Waals surface area (Å²) in [6.45, 7) is 0.727. The van der Waals surface area contributed by atoms with Crippen molar-refractivity contribution in [3.8, 4) is 0 Å². The highest BCUT2D eigenvalue weighted by Crippen LogP contribution is 2.28. The van der Waals surface area contributed by atoms with Gasteiger partial charge in [0.15, 0.2) is 0 Å². The third kappa shape index (κ3) is 2.35. The van der Waals surface area contributed by atoms with Crippen LogP contribution in [-0.2, 0) is 13.0 Å². The summed E-state index contributed by atoms with van der Waals surface area (Å²) in [5.74, 6) is 2.70. The fourth-order valence-electron chi connectivity index (χ4n) is 2.17. The Hall–Kier alpha value is -0.830. The molecule has 0 saturated heterocycles. The van der Waals surface area contributed by atoms with Crippen molar-refractivity contribution in [2.45, 2.75) is 38.6 Å². The van der Waals surface area contributed by atoms with E-state index in [1.165, 1.54) is 25.7 Å². The predicted octanol–water partition coefficient (Wildman–Crippen LogP) is 2.13. The van der Waals surface area contributed by atoms with E-state index in [-0.39, 0.29) is 0 Å². The van der Waals surface area contributed by atoms with Crippen molar-refractivity contribution in [2.24, 2.45) is 5.92 Å². The highest BCUT2D eigenvalue weighted by Gasteiger charge is 2.17. The van der Waals surface area contributed by atoms with Gasteiger partial charge in [0, 0.05) is 6.42 Å². The molecule has 1 aliphatic carbocycles. The van der Waals surface area contributed by atoms with Gasteiger partial charge in [-0.2, -0.15) is 0 Å². The van der Waals surface area contributed by atoms with Crippen LogP contribution in [0.15, 0.2) is 10.6 Å². The molecule has 1 saturated carbocycles. The molecule has 0 spiro atoms. The van der Waals surface area contributed by atoms with Crippen LogP contribution in [0.1, 0.15) is 37.3 Å². The number of nitrogens with zero attached hydrogens (tertiary/aromatic N) is 1. The number of oxazole rings is 1. The van der Waals surface area contributed by atoms with Gasteiger partial charge in [0.2, 0.25) is 5.89 Å². The third-order valence-electron chi connectivity index (χ3n) is 2.89. The van der Waals surface area contributed by atoms with E-state index in [0.29, 0.717) is 0 Å². The Labute approximate surface area is 84.9 Å². The molecule has 0 unspecified atom stereocenters. The number of nitrogens with one attached hydrogen (secondary N) is 1. The van der Waals surface area contributed by atoms with Crippen LogP contribution >= 0.6 is 0 Å². The molecule has 0 amide bonds. The molecule has 0 radical (unpaired) electrons. The van der Waals surface area contributed by atoms with Gasteiger partial charge in [-0.05, 0) is 13.0 Å². The normalized spacial score (nSPS) is 17.8. The maximum atomic E-state index is 5.61. The molecule has 1 fully saturated rings. The van der Waals surface area contributed by atoms with Crippen molar-refractivity contribution in [1.29, 1.82) is 0 Å². The van der Waals surface area contributed by atoms with E-state index in [9.17, 15) is 0 Å². The topological polar surface area (TPSA) is 38.1 Å². The summed E-state index contributed by atoms with van der Waals surface area (Å²) in [5, 5.41) is 3.03. The highest BCUT2D eigenvalue weighted by molar-refractivity contribution is 4.96. The molecule has 3 heteroatoms. The molecule has 0 aliphatic heterocycles. The van der Waals surface area contributed by atoms with E-state index >= 15 is 0 Å². The van der Waals surface area contributed by atoms with Gasteiger partial charge in [0.05, 0.1) is 12.7 Å². The molecule has 3 nitrogen and oxygen atoms in total. The molecule has 1 aromatic rings. The van der Waals surface area contributed by atoms with E-state index < -0.39 is 0 Å². The second-order valence-electron chi connectivity index (χ2n) is 4.11. The number of hydrogen-bond donors (Lipinski definition) is 1. The first-order valence-electron chi connectivity index (χ1n) is 5.46. The summed E-state index contributed by atoms with van der Waals surface area (Å²) < 4.78 is 5.61. The maximum absolute atomic E-state index is 5.61. The molecule has 0 aromatic carbocycles. The predicted molar refractivity (Wildman–Crippen MR) is 54.9 cm³/mol. The van der Waals surface area contributed by atoms with Crippen molar-refractivity contribution in [2.75, 3.05) is 7.05 Å². The first-order chi connectivity index (χ1) is 6.88. The summed E-state index contributed by atoms with van der Waals surface area (Å²) in [5.41, 5.74) is 0. The molecule has 0 atom stereocenters. The molecular formula is C11H18N2O. The van der Waals surface area contributed by atoms with Gasteiger partial charge in [0.25, 0.3) is 0 Å². The summed E-state index contributed by atoms with van der Waals surface area (Å²) in [6, 6.07) is 0. The second kappa shape index (κ2) is 4.60. The molecule has 78 valence electrons. The minimum Gasteiger partial charge on any atom is -0.444 e. The second-order valence-corrected chi connectivity index (χ2v) is 4.11. The molecule has 1 heterocycles. The summed E-state index contributed by atoms with van der Waals surface area (Å²) in [7, 11) is 1.90. The van der Waals surface area contributed by atoms with Crippen LogP contribution in [0, 0.1) is 5.92 Å². The Bertz CT molecular complexity index is 277. The van der Waals surface area contributed by atoms with Crippen molar-refractivity contribution < 1.29 is 4.42 Å². The van der Waals surface area contributed by atoms with Crippen LogP contribution in [0.4, 0.5) is 0 Å². The summed E-state index contributed by atoms with van der Waals surface area (Å²) >= 11 is 0. The quantitative estimate of drug-likeness (QED) is 0.798. The van der Waals surface area contributed by atoms with Gasteiger partial charge in [-0.25, -0.2) is 4.98 Å². The minimum atomic E-state index is 0.727. The van der Waals surface area contributed by atoms with E-state index in [2.05, 4.69) is 10.3 Å². The van der Waals surface area contributed by atoms with Crippen LogP contribution < -0.4 is 5.32 Å². The lowest BCUT2D eigenvalue weighted by Crippen LogP contribution is -2.04. The lowest BCUT2D eigenvalue weighted by molar-refractivity contribution is 0.409. The Kier molecular flexibility index (Phi) is 3.19. The Morgan fingerprint density at radius 3 is 3.00 bits per heavy atom. The van der Waals surface area contributed by atoms with Crippen molar-refractivity contribution in [3.05, 3.63) is 17.8 Å². The molecule has 0 bridgehead atoms.